The zero-order valence-electron chi connectivity index (χ0n) is 7.96. The molecule has 0 aromatic rings. The zero-order valence-corrected chi connectivity index (χ0v) is 7.96. The van der Waals surface area contributed by atoms with Gasteiger partial charge in [0.25, 0.3) is 0 Å². The Morgan fingerprint density at radius 2 is 2.08 bits per heavy atom. The summed E-state index contributed by atoms with van der Waals surface area (Å²) in [6, 6.07) is 0.674. The fraction of sp³-hybridized carbons (Fsp3) is 0.900. The Morgan fingerprint density at radius 3 is 2.62 bits per heavy atom. The van der Waals surface area contributed by atoms with Crippen molar-refractivity contribution >= 4 is 5.91 Å². The monoisotopic (exact) mass is 182 g/mol. The van der Waals surface area contributed by atoms with E-state index in [1.54, 1.807) is 0 Å². The summed E-state index contributed by atoms with van der Waals surface area (Å²) in [5.41, 5.74) is 5.76. The molecule has 13 heavy (non-hydrogen) atoms. The second kappa shape index (κ2) is 3.66. The molecule has 0 saturated heterocycles. The van der Waals surface area contributed by atoms with Gasteiger partial charge >= 0.3 is 0 Å². The van der Waals surface area contributed by atoms with Gasteiger partial charge in [-0.15, -0.1) is 0 Å². The van der Waals surface area contributed by atoms with E-state index in [0.717, 1.165) is 25.7 Å². The maximum absolute atomic E-state index is 11.4. The molecule has 0 aromatic heterocycles. The van der Waals surface area contributed by atoms with Crippen molar-refractivity contribution in [3.8, 4) is 0 Å². The van der Waals surface area contributed by atoms with Crippen molar-refractivity contribution in [2.24, 2.45) is 11.7 Å². The molecule has 74 valence electrons. The van der Waals surface area contributed by atoms with Crippen LogP contribution >= 0.6 is 0 Å². The summed E-state index contributed by atoms with van der Waals surface area (Å²) in [4.78, 5) is 11.4. The Kier molecular flexibility index (Phi) is 2.54. The smallest absolute Gasteiger partial charge is 0.220 e. The van der Waals surface area contributed by atoms with E-state index >= 15 is 0 Å². The fourth-order valence-corrected chi connectivity index (χ4v) is 2.02. The van der Waals surface area contributed by atoms with Gasteiger partial charge in [-0.05, 0) is 38.0 Å². The zero-order chi connectivity index (χ0) is 9.26. The number of rotatable bonds is 3. The molecule has 2 aliphatic rings. The number of hydrogen-bond donors (Lipinski definition) is 2. The molecule has 0 aliphatic heterocycles. The molecule has 3 heteroatoms. The van der Waals surface area contributed by atoms with Crippen molar-refractivity contribution in [1.29, 1.82) is 0 Å². The summed E-state index contributed by atoms with van der Waals surface area (Å²) in [5, 5.41) is 3.06. The van der Waals surface area contributed by atoms with Crippen LogP contribution in [0.3, 0.4) is 0 Å². The Labute approximate surface area is 79.1 Å². The van der Waals surface area contributed by atoms with Crippen molar-refractivity contribution in [2.75, 3.05) is 0 Å². The van der Waals surface area contributed by atoms with Gasteiger partial charge < -0.3 is 11.1 Å². The van der Waals surface area contributed by atoms with Crippen molar-refractivity contribution in [1.82, 2.24) is 5.32 Å². The Hall–Kier alpha value is -0.570. The standard InChI is InChI=1S/C10H18N2O/c11-8-3-4-9(6-8)12-10(13)5-7-1-2-7/h7-9H,1-6,11H2,(H,12,13). The number of hydrogen-bond acceptors (Lipinski definition) is 2. The number of carbonyl (C=O) groups excluding carboxylic acids is 1. The molecule has 2 saturated carbocycles. The SMILES string of the molecule is NC1CCC(NC(=O)CC2CC2)C1. The van der Waals surface area contributed by atoms with Gasteiger partial charge in [0.15, 0.2) is 0 Å². The number of nitrogens with one attached hydrogen (secondary N) is 1. The highest BCUT2D eigenvalue weighted by Gasteiger charge is 2.27. The van der Waals surface area contributed by atoms with Crippen molar-refractivity contribution < 1.29 is 4.79 Å². The van der Waals surface area contributed by atoms with Crippen LogP contribution < -0.4 is 11.1 Å². The van der Waals surface area contributed by atoms with E-state index in [-0.39, 0.29) is 5.91 Å². The molecule has 0 bridgehead atoms. The van der Waals surface area contributed by atoms with Gasteiger partial charge in [0.2, 0.25) is 5.91 Å². The third-order valence-corrected chi connectivity index (χ3v) is 3.01. The lowest BCUT2D eigenvalue weighted by molar-refractivity contribution is -0.122. The molecule has 3 N–H and O–H groups in total. The summed E-state index contributed by atoms with van der Waals surface area (Å²) in [7, 11) is 0. The molecule has 2 fully saturated rings. The third-order valence-electron chi connectivity index (χ3n) is 3.01. The minimum atomic E-state index is 0.238. The summed E-state index contributed by atoms with van der Waals surface area (Å²) in [6.07, 6.45) is 6.34. The average molecular weight is 182 g/mol. The van der Waals surface area contributed by atoms with Gasteiger partial charge in [-0.1, -0.05) is 0 Å². The van der Waals surface area contributed by atoms with Crippen molar-refractivity contribution in [3.05, 3.63) is 0 Å². The van der Waals surface area contributed by atoms with E-state index in [1.165, 1.54) is 12.8 Å². The molecule has 0 heterocycles. The van der Waals surface area contributed by atoms with Crippen LogP contribution in [0.25, 0.3) is 0 Å². The van der Waals surface area contributed by atoms with Gasteiger partial charge in [-0.2, -0.15) is 0 Å². The van der Waals surface area contributed by atoms with E-state index in [2.05, 4.69) is 5.32 Å². The van der Waals surface area contributed by atoms with Gasteiger partial charge in [0.1, 0.15) is 0 Å². The normalized spacial score (nSPS) is 33.3. The molecule has 0 spiro atoms. The molecule has 3 nitrogen and oxygen atoms in total. The maximum atomic E-state index is 11.4. The predicted molar refractivity (Wildman–Crippen MR) is 51.1 cm³/mol. The quantitative estimate of drug-likeness (QED) is 0.677. The van der Waals surface area contributed by atoms with Crippen LogP contribution in [-0.4, -0.2) is 18.0 Å². The minimum Gasteiger partial charge on any atom is -0.353 e. The minimum absolute atomic E-state index is 0.238. The first-order valence-electron chi connectivity index (χ1n) is 5.29. The molecule has 2 aliphatic carbocycles. The molecule has 0 radical (unpaired) electrons. The van der Waals surface area contributed by atoms with Gasteiger partial charge in [0.05, 0.1) is 0 Å². The highest BCUT2D eigenvalue weighted by Crippen LogP contribution is 2.32. The predicted octanol–water partition coefficient (Wildman–Crippen LogP) is 0.782. The average Bonchev–Trinajstić information content (AvgIpc) is 2.76. The van der Waals surface area contributed by atoms with Gasteiger partial charge in [-0.3, -0.25) is 4.79 Å². The van der Waals surface area contributed by atoms with Crippen molar-refractivity contribution in [2.45, 2.75) is 50.6 Å². The number of carbonyl (C=O) groups is 1. The largest absolute Gasteiger partial charge is 0.353 e. The first-order valence-corrected chi connectivity index (χ1v) is 5.29. The van der Waals surface area contributed by atoms with Gasteiger partial charge in [0, 0.05) is 18.5 Å². The van der Waals surface area contributed by atoms with E-state index < -0.39 is 0 Å². The van der Waals surface area contributed by atoms with Crippen LogP contribution in [0, 0.1) is 5.92 Å². The molecular formula is C10H18N2O. The van der Waals surface area contributed by atoms with Crippen LogP contribution in [0.2, 0.25) is 0 Å². The van der Waals surface area contributed by atoms with Crippen LogP contribution in [0.15, 0.2) is 0 Å². The fourth-order valence-electron chi connectivity index (χ4n) is 2.02. The Bertz CT molecular complexity index is 201. The summed E-state index contributed by atoms with van der Waals surface area (Å²) < 4.78 is 0. The first kappa shape index (κ1) is 9.00. The van der Waals surface area contributed by atoms with Crippen LogP contribution in [0.1, 0.15) is 38.5 Å². The van der Waals surface area contributed by atoms with E-state index in [4.69, 9.17) is 5.73 Å². The summed E-state index contributed by atoms with van der Waals surface area (Å²) in [5.74, 6) is 0.927. The highest BCUT2D eigenvalue weighted by atomic mass is 16.1. The Morgan fingerprint density at radius 1 is 1.31 bits per heavy atom. The van der Waals surface area contributed by atoms with E-state index in [0.29, 0.717) is 18.0 Å². The first-order chi connectivity index (χ1) is 6.24. The third kappa shape index (κ3) is 2.69. The lowest BCUT2D eigenvalue weighted by Crippen LogP contribution is -2.34. The molecule has 2 rings (SSSR count). The molecule has 1 amide bonds. The Balaban J connectivity index is 1.67. The topological polar surface area (TPSA) is 55.1 Å². The maximum Gasteiger partial charge on any atom is 0.220 e. The molecule has 2 unspecified atom stereocenters. The number of nitrogens with two attached hydrogens (primary N) is 1. The van der Waals surface area contributed by atoms with Crippen molar-refractivity contribution in [3.63, 3.8) is 0 Å². The molecular weight excluding hydrogens is 164 g/mol. The van der Waals surface area contributed by atoms with Crippen LogP contribution in [0.5, 0.6) is 0 Å². The second-order valence-electron chi connectivity index (χ2n) is 4.49. The van der Waals surface area contributed by atoms with Gasteiger partial charge in [-0.25, -0.2) is 0 Å². The second-order valence-corrected chi connectivity index (χ2v) is 4.49. The van der Waals surface area contributed by atoms with Crippen LogP contribution in [-0.2, 0) is 4.79 Å². The van der Waals surface area contributed by atoms with E-state index in [9.17, 15) is 4.79 Å². The van der Waals surface area contributed by atoms with Crippen LogP contribution in [0.4, 0.5) is 0 Å². The molecule has 2 atom stereocenters. The van der Waals surface area contributed by atoms with E-state index in [1.807, 2.05) is 0 Å². The lowest BCUT2D eigenvalue weighted by atomic mass is 10.2. The lowest BCUT2D eigenvalue weighted by Gasteiger charge is -2.11. The molecule has 0 aromatic carbocycles. The highest BCUT2D eigenvalue weighted by molar-refractivity contribution is 5.76. The summed E-state index contributed by atoms with van der Waals surface area (Å²) >= 11 is 0. The summed E-state index contributed by atoms with van der Waals surface area (Å²) in [6.45, 7) is 0. The number of amides is 1.